The molecule has 33 heavy (non-hydrogen) atoms. The molecule has 1 aromatic carbocycles. The van der Waals surface area contributed by atoms with Crippen molar-refractivity contribution in [1.29, 1.82) is 0 Å². The van der Waals surface area contributed by atoms with E-state index in [-0.39, 0.29) is 28.3 Å². The number of benzene rings is 1. The zero-order valence-corrected chi connectivity index (χ0v) is 18.5. The van der Waals surface area contributed by atoms with E-state index < -0.39 is 14.8 Å². The van der Waals surface area contributed by atoms with Gasteiger partial charge in [-0.2, -0.15) is 0 Å². The number of nitrogens with zero attached hydrogens (tertiary/aromatic N) is 6. The van der Waals surface area contributed by atoms with Gasteiger partial charge in [-0.15, -0.1) is 0 Å². The normalized spacial score (nSPS) is 14.6. The summed E-state index contributed by atoms with van der Waals surface area (Å²) in [5.41, 5.74) is 0.209. The molecule has 13 heteroatoms. The van der Waals surface area contributed by atoms with Gasteiger partial charge in [0.1, 0.15) is 12.4 Å². The Morgan fingerprint density at radius 3 is 2.36 bits per heavy atom. The first-order chi connectivity index (χ1) is 15.8. The topological polar surface area (TPSA) is 153 Å². The Kier molecular flexibility index (Phi) is 6.31. The van der Waals surface area contributed by atoms with Crippen LogP contribution >= 0.6 is 0 Å². The van der Waals surface area contributed by atoms with Crippen LogP contribution in [0.2, 0.25) is 0 Å². The van der Waals surface area contributed by atoms with E-state index in [1.165, 1.54) is 30.6 Å². The molecule has 1 aliphatic rings. The maximum atomic E-state index is 11.9. The van der Waals surface area contributed by atoms with Crippen LogP contribution in [0.3, 0.4) is 0 Å². The highest BCUT2D eigenvalue weighted by Gasteiger charge is 2.30. The minimum absolute atomic E-state index is 0.0214. The molecule has 0 unspecified atom stereocenters. The average Bonchev–Trinajstić information content (AvgIpc) is 2.80. The van der Waals surface area contributed by atoms with Gasteiger partial charge in [0.2, 0.25) is 11.6 Å². The van der Waals surface area contributed by atoms with E-state index >= 15 is 0 Å². The highest BCUT2D eigenvalue weighted by molar-refractivity contribution is 7.90. The monoisotopic (exact) mass is 471 g/mol. The van der Waals surface area contributed by atoms with Crippen molar-refractivity contribution < 1.29 is 18.1 Å². The standard InChI is InChI=1S/C20H21N7O5S/c1-33(30,31)16-5-3-14(4-6-16)25-18-17(27(28)29)19(24-13-23-18)26-11-7-15(8-12-26)32-20-21-9-2-10-22-20/h2-6,9-10,13,15H,7-8,11-12H2,1H3,(H,23,24,25). The fraction of sp³-hybridized carbons (Fsp3) is 0.300. The van der Waals surface area contributed by atoms with Crippen LogP contribution in [0.15, 0.2) is 53.9 Å². The third-order valence-corrected chi connectivity index (χ3v) is 6.21. The second-order valence-electron chi connectivity index (χ2n) is 7.41. The Labute approximate surface area is 189 Å². The van der Waals surface area contributed by atoms with Crippen LogP contribution in [-0.2, 0) is 9.84 Å². The molecule has 0 bridgehead atoms. The van der Waals surface area contributed by atoms with Crippen LogP contribution in [0.25, 0.3) is 0 Å². The van der Waals surface area contributed by atoms with Crippen LogP contribution in [0.5, 0.6) is 6.01 Å². The number of ether oxygens (including phenoxy) is 1. The molecule has 1 N–H and O–H groups in total. The van der Waals surface area contributed by atoms with Gasteiger partial charge >= 0.3 is 11.7 Å². The van der Waals surface area contributed by atoms with Crippen LogP contribution < -0.4 is 15.0 Å². The molecule has 1 saturated heterocycles. The summed E-state index contributed by atoms with van der Waals surface area (Å²) in [6.45, 7) is 0.996. The van der Waals surface area contributed by atoms with Crippen molar-refractivity contribution in [3.8, 4) is 6.01 Å². The Balaban J connectivity index is 1.50. The molecule has 0 atom stereocenters. The van der Waals surface area contributed by atoms with Crippen molar-refractivity contribution in [3.63, 3.8) is 0 Å². The first kappa shape index (κ1) is 22.3. The number of hydrogen-bond donors (Lipinski definition) is 1. The Morgan fingerprint density at radius 1 is 1.09 bits per heavy atom. The predicted molar refractivity (Wildman–Crippen MR) is 119 cm³/mol. The van der Waals surface area contributed by atoms with Gasteiger partial charge in [0, 0.05) is 50.3 Å². The van der Waals surface area contributed by atoms with Gasteiger partial charge in [-0.25, -0.2) is 28.4 Å². The highest BCUT2D eigenvalue weighted by Crippen LogP contribution is 2.35. The van der Waals surface area contributed by atoms with Gasteiger partial charge in [0.25, 0.3) is 0 Å². The number of hydrogen-bond acceptors (Lipinski definition) is 11. The molecule has 0 spiro atoms. The van der Waals surface area contributed by atoms with Crippen molar-refractivity contribution in [1.82, 2.24) is 19.9 Å². The van der Waals surface area contributed by atoms with Gasteiger partial charge in [0.15, 0.2) is 9.84 Å². The molecule has 0 radical (unpaired) electrons. The molecule has 0 amide bonds. The van der Waals surface area contributed by atoms with Crippen molar-refractivity contribution in [2.45, 2.75) is 23.8 Å². The van der Waals surface area contributed by atoms with Gasteiger partial charge in [-0.05, 0) is 30.3 Å². The highest BCUT2D eigenvalue weighted by atomic mass is 32.2. The number of anilines is 3. The largest absolute Gasteiger partial charge is 0.460 e. The first-order valence-electron chi connectivity index (χ1n) is 10.1. The Hall–Kier alpha value is -3.87. The fourth-order valence-electron chi connectivity index (χ4n) is 3.46. The van der Waals surface area contributed by atoms with Crippen LogP contribution in [0.1, 0.15) is 12.8 Å². The third-order valence-electron chi connectivity index (χ3n) is 5.09. The summed E-state index contributed by atoms with van der Waals surface area (Å²) < 4.78 is 29.1. The van der Waals surface area contributed by atoms with E-state index in [0.717, 1.165) is 6.26 Å². The summed E-state index contributed by atoms with van der Waals surface area (Å²) in [5, 5.41) is 14.8. The maximum absolute atomic E-state index is 11.9. The predicted octanol–water partition coefficient (Wildman–Crippen LogP) is 2.37. The second kappa shape index (κ2) is 9.32. The first-order valence-corrected chi connectivity index (χ1v) is 12.0. The molecule has 0 aliphatic carbocycles. The second-order valence-corrected chi connectivity index (χ2v) is 9.42. The Bertz CT molecular complexity index is 1230. The zero-order valence-electron chi connectivity index (χ0n) is 17.7. The summed E-state index contributed by atoms with van der Waals surface area (Å²) in [6.07, 6.45) is 6.71. The lowest BCUT2D eigenvalue weighted by Crippen LogP contribution is -2.39. The smallest absolute Gasteiger partial charge is 0.353 e. The Morgan fingerprint density at radius 2 is 1.76 bits per heavy atom. The minimum Gasteiger partial charge on any atom is -0.460 e. The van der Waals surface area contributed by atoms with Crippen molar-refractivity contribution >= 4 is 32.8 Å². The summed E-state index contributed by atoms with van der Waals surface area (Å²) in [5.74, 6) is 0.229. The molecule has 12 nitrogen and oxygen atoms in total. The van der Waals surface area contributed by atoms with Gasteiger partial charge in [-0.1, -0.05) is 0 Å². The third kappa shape index (κ3) is 5.31. The molecule has 3 aromatic rings. The van der Waals surface area contributed by atoms with Crippen molar-refractivity contribution in [2.75, 3.05) is 29.6 Å². The van der Waals surface area contributed by atoms with Crippen LogP contribution in [0.4, 0.5) is 23.0 Å². The maximum Gasteiger partial charge on any atom is 0.353 e. The van der Waals surface area contributed by atoms with E-state index in [2.05, 4.69) is 25.3 Å². The molecule has 1 aliphatic heterocycles. The quantitative estimate of drug-likeness (QED) is 0.399. The number of nitrogens with one attached hydrogen (secondary N) is 1. The van der Waals surface area contributed by atoms with E-state index in [4.69, 9.17) is 4.74 Å². The molecule has 4 rings (SSSR count). The van der Waals surface area contributed by atoms with Gasteiger partial charge in [0.05, 0.1) is 9.82 Å². The molecular weight excluding hydrogens is 450 g/mol. The molecular formula is C20H21N7O5S. The SMILES string of the molecule is CS(=O)(=O)c1ccc(Nc2ncnc(N3CCC(Oc4ncccn4)CC3)c2[N+](=O)[O-])cc1. The molecule has 172 valence electrons. The van der Waals surface area contributed by atoms with E-state index in [1.54, 1.807) is 18.5 Å². The number of nitro groups is 1. The van der Waals surface area contributed by atoms with Gasteiger partial charge < -0.3 is 15.0 Å². The van der Waals surface area contributed by atoms with Gasteiger partial charge in [-0.3, -0.25) is 10.1 Å². The number of sulfone groups is 1. The lowest BCUT2D eigenvalue weighted by Gasteiger charge is -2.32. The molecule has 1 fully saturated rings. The van der Waals surface area contributed by atoms with E-state index in [1.807, 2.05) is 4.90 Å². The molecule has 0 saturated carbocycles. The van der Waals surface area contributed by atoms with Crippen molar-refractivity contribution in [2.24, 2.45) is 0 Å². The zero-order chi connectivity index (χ0) is 23.4. The fourth-order valence-corrected chi connectivity index (χ4v) is 4.09. The number of piperidine rings is 1. The number of aromatic nitrogens is 4. The molecule has 3 heterocycles. The van der Waals surface area contributed by atoms with Crippen LogP contribution in [0, 0.1) is 10.1 Å². The summed E-state index contributed by atoms with van der Waals surface area (Å²) in [4.78, 5) is 29.7. The lowest BCUT2D eigenvalue weighted by molar-refractivity contribution is -0.383. The van der Waals surface area contributed by atoms with Crippen molar-refractivity contribution in [3.05, 3.63) is 59.2 Å². The minimum atomic E-state index is -3.35. The summed E-state index contributed by atoms with van der Waals surface area (Å²) in [7, 11) is -3.35. The van der Waals surface area contributed by atoms with E-state index in [9.17, 15) is 18.5 Å². The summed E-state index contributed by atoms with van der Waals surface area (Å²) in [6, 6.07) is 7.90. The number of rotatable bonds is 7. The summed E-state index contributed by atoms with van der Waals surface area (Å²) >= 11 is 0. The molecule has 2 aromatic heterocycles. The average molecular weight is 471 g/mol. The van der Waals surface area contributed by atoms with Crippen LogP contribution in [-0.4, -0.2) is 58.7 Å². The van der Waals surface area contributed by atoms with E-state index in [0.29, 0.717) is 37.6 Å². The lowest BCUT2D eigenvalue weighted by atomic mass is 10.1.